The lowest BCUT2D eigenvalue weighted by molar-refractivity contribution is 0.599. The highest BCUT2D eigenvalue weighted by atomic mass is 31.2. The van der Waals surface area contributed by atoms with Gasteiger partial charge in [0.1, 0.15) is 0 Å². The van der Waals surface area contributed by atoms with Gasteiger partial charge in [-0.25, -0.2) is 0 Å². The van der Waals surface area contributed by atoms with Gasteiger partial charge in [0.05, 0.1) is 32.0 Å². The Morgan fingerprint density at radius 2 is 1.39 bits per heavy atom. The van der Waals surface area contributed by atoms with Crippen molar-refractivity contribution in [3.63, 3.8) is 0 Å². The number of unbranched alkanes of at least 4 members (excludes halogenated alkanes) is 3. The Kier molecular flexibility index (Phi) is 7.66. The zero-order valence-corrected chi connectivity index (χ0v) is 13.3. The molecule has 1 rings (SSSR count). The number of furan rings is 1. The average Bonchev–Trinajstić information content (AvgIpc) is 2.93. The minimum absolute atomic E-state index is 1.02. The molecule has 1 aromatic heterocycles. The van der Waals surface area contributed by atoms with Crippen LogP contribution in [0.5, 0.6) is 0 Å². The standard InChI is InChI=1S/C16H30OP/c1-4-7-13-18(14-8-5-2,15-9-6-3)16-11-10-12-17-16/h10-12H,4-9,13-15H2,1-3H3/q+1. The van der Waals surface area contributed by atoms with E-state index >= 15 is 0 Å². The topological polar surface area (TPSA) is 13.1 Å². The number of rotatable bonds is 10. The molecule has 0 fully saturated rings. The minimum atomic E-state index is -1.02. The number of hydrogen-bond acceptors (Lipinski definition) is 1. The third-order valence-electron chi connectivity index (χ3n) is 3.79. The third-order valence-corrected chi connectivity index (χ3v) is 8.50. The predicted molar refractivity (Wildman–Crippen MR) is 84.6 cm³/mol. The highest BCUT2D eigenvalue weighted by Gasteiger charge is 2.40. The maximum atomic E-state index is 5.84. The Labute approximate surface area is 114 Å². The second kappa shape index (κ2) is 8.75. The lowest BCUT2D eigenvalue weighted by atomic mass is 10.4. The van der Waals surface area contributed by atoms with Crippen molar-refractivity contribution in [1.82, 2.24) is 0 Å². The van der Waals surface area contributed by atoms with Gasteiger partial charge in [-0.1, -0.05) is 40.0 Å². The molecule has 0 bridgehead atoms. The summed E-state index contributed by atoms with van der Waals surface area (Å²) in [6, 6.07) is 4.32. The van der Waals surface area contributed by atoms with Crippen molar-refractivity contribution in [3.8, 4) is 0 Å². The van der Waals surface area contributed by atoms with Gasteiger partial charge in [-0.15, -0.1) is 0 Å². The van der Waals surface area contributed by atoms with Gasteiger partial charge in [0.25, 0.3) is 0 Å². The molecule has 0 unspecified atom stereocenters. The van der Waals surface area contributed by atoms with Crippen LogP contribution in [0, 0.1) is 0 Å². The maximum Gasteiger partial charge on any atom is 0.245 e. The van der Waals surface area contributed by atoms with Crippen molar-refractivity contribution in [1.29, 1.82) is 0 Å². The van der Waals surface area contributed by atoms with Gasteiger partial charge in [0, 0.05) is 6.07 Å². The van der Waals surface area contributed by atoms with Crippen LogP contribution >= 0.6 is 7.26 Å². The first-order chi connectivity index (χ1) is 8.79. The van der Waals surface area contributed by atoms with Crippen LogP contribution in [0.2, 0.25) is 0 Å². The Morgan fingerprint density at radius 3 is 1.72 bits per heavy atom. The fraction of sp³-hybridized carbons (Fsp3) is 0.750. The van der Waals surface area contributed by atoms with E-state index in [4.69, 9.17) is 4.42 Å². The van der Waals surface area contributed by atoms with Crippen LogP contribution in [-0.2, 0) is 0 Å². The molecule has 104 valence electrons. The summed E-state index contributed by atoms with van der Waals surface area (Å²) < 4.78 is 5.84. The first-order valence-electron chi connectivity index (χ1n) is 7.69. The van der Waals surface area contributed by atoms with E-state index in [-0.39, 0.29) is 0 Å². The molecule has 0 spiro atoms. The zero-order valence-electron chi connectivity index (χ0n) is 12.5. The van der Waals surface area contributed by atoms with Gasteiger partial charge >= 0.3 is 0 Å². The minimum Gasteiger partial charge on any atom is -0.435 e. The molecule has 0 aliphatic carbocycles. The monoisotopic (exact) mass is 269 g/mol. The van der Waals surface area contributed by atoms with E-state index in [1.807, 2.05) is 6.26 Å². The average molecular weight is 269 g/mol. The van der Waals surface area contributed by atoms with E-state index < -0.39 is 7.26 Å². The van der Waals surface area contributed by atoms with Crippen molar-refractivity contribution < 1.29 is 4.42 Å². The van der Waals surface area contributed by atoms with E-state index in [1.165, 1.54) is 62.5 Å². The molecule has 0 amide bonds. The molecule has 1 nitrogen and oxygen atoms in total. The molecule has 1 aromatic rings. The molecule has 0 N–H and O–H groups in total. The molecular weight excluding hydrogens is 239 g/mol. The SMILES string of the molecule is CCCC[P+](CCCC)(CCCC)c1ccco1. The summed E-state index contributed by atoms with van der Waals surface area (Å²) in [6.07, 6.45) is 14.1. The molecule has 0 radical (unpaired) electrons. The van der Waals surface area contributed by atoms with Crippen LogP contribution in [0.25, 0.3) is 0 Å². The smallest absolute Gasteiger partial charge is 0.245 e. The Hall–Kier alpha value is -0.290. The Balaban J connectivity index is 2.84. The van der Waals surface area contributed by atoms with Crippen LogP contribution < -0.4 is 5.50 Å². The van der Waals surface area contributed by atoms with Crippen molar-refractivity contribution in [2.45, 2.75) is 59.3 Å². The van der Waals surface area contributed by atoms with Crippen LogP contribution in [0.15, 0.2) is 22.8 Å². The first-order valence-corrected chi connectivity index (χ1v) is 10.0. The molecule has 0 aliphatic heterocycles. The molecule has 2 heteroatoms. The third kappa shape index (κ3) is 4.43. The molecule has 0 aromatic carbocycles. The van der Waals surface area contributed by atoms with E-state index in [0.717, 1.165) is 0 Å². The zero-order chi connectivity index (χ0) is 13.3. The molecule has 0 saturated heterocycles. The van der Waals surface area contributed by atoms with Crippen LogP contribution in [0.1, 0.15) is 59.3 Å². The van der Waals surface area contributed by atoms with Gasteiger partial charge in [-0.3, -0.25) is 0 Å². The number of hydrogen-bond donors (Lipinski definition) is 0. The summed E-state index contributed by atoms with van der Waals surface area (Å²) in [4.78, 5) is 0. The molecule has 18 heavy (non-hydrogen) atoms. The van der Waals surface area contributed by atoms with Crippen molar-refractivity contribution >= 4 is 12.8 Å². The van der Waals surface area contributed by atoms with E-state index in [9.17, 15) is 0 Å². The van der Waals surface area contributed by atoms with Crippen LogP contribution in [-0.4, -0.2) is 18.5 Å². The largest absolute Gasteiger partial charge is 0.435 e. The van der Waals surface area contributed by atoms with Gasteiger partial charge in [-0.2, -0.15) is 0 Å². The molecule has 0 atom stereocenters. The van der Waals surface area contributed by atoms with Gasteiger partial charge < -0.3 is 4.42 Å². The normalized spacial score (nSPS) is 11.9. The highest BCUT2D eigenvalue weighted by Crippen LogP contribution is 2.59. The summed E-state index contributed by atoms with van der Waals surface area (Å²) in [6.45, 7) is 6.91. The quantitative estimate of drug-likeness (QED) is 0.524. The molecule has 0 aliphatic rings. The fourth-order valence-electron chi connectivity index (χ4n) is 2.59. The first kappa shape index (κ1) is 15.8. The maximum absolute atomic E-state index is 5.84. The highest BCUT2D eigenvalue weighted by molar-refractivity contribution is 7.82. The van der Waals surface area contributed by atoms with Gasteiger partial charge in [-0.05, 0) is 25.3 Å². The predicted octanol–water partition coefficient (Wildman–Crippen LogP) is 5.32. The lowest BCUT2D eigenvalue weighted by Crippen LogP contribution is -2.19. The van der Waals surface area contributed by atoms with Crippen molar-refractivity contribution in [2.75, 3.05) is 18.5 Å². The van der Waals surface area contributed by atoms with E-state index in [0.29, 0.717) is 0 Å². The van der Waals surface area contributed by atoms with E-state index in [1.54, 1.807) is 0 Å². The summed E-state index contributed by atoms with van der Waals surface area (Å²) in [5.74, 6) is 0. The van der Waals surface area contributed by atoms with E-state index in [2.05, 4.69) is 32.9 Å². The van der Waals surface area contributed by atoms with Gasteiger partial charge in [0.2, 0.25) is 5.50 Å². The molecule has 0 saturated carbocycles. The summed E-state index contributed by atoms with van der Waals surface area (Å²) in [5.41, 5.74) is 1.35. The second-order valence-corrected chi connectivity index (χ2v) is 9.40. The summed E-state index contributed by atoms with van der Waals surface area (Å²) in [7, 11) is -1.02. The summed E-state index contributed by atoms with van der Waals surface area (Å²) >= 11 is 0. The second-order valence-electron chi connectivity index (χ2n) is 5.33. The Bertz CT molecular complexity index is 270. The molecular formula is C16H30OP+. The van der Waals surface area contributed by atoms with Crippen LogP contribution in [0.3, 0.4) is 0 Å². The fourth-order valence-corrected chi connectivity index (χ4v) is 7.37. The van der Waals surface area contributed by atoms with Gasteiger partial charge in [0.15, 0.2) is 0 Å². The van der Waals surface area contributed by atoms with Crippen molar-refractivity contribution in [3.05, 3.63) is 18.4 Å². The summed E-state index contributed by atoms with van der Waals surface area (Å²) in [5, 5.41) is 0. The van der Waals surface area contributed by atoms with Crippen molar-refractivity contribution in [2.24, 2.45) is 0 Å². The lowest BCUT2D eigenvalue weighted by Gasteiger charge is -2.24. The molecule has 1 heterocycles. The van der Waals surface area contributed by atoms with Crippen LogP contribution in [0.4, 0.5) is 0 Å². The Morgan fingerprint density at radius 1 is 0.889 bits per heavy atom.